The zero-order chi connectivity index (χ0) is 26.4. The standard InChI is InChI=1S/C28H37Cl2N7O/c1-18(23-6-5-21(29)12-24(23)30)33-26-13-25(34-27-31-17-32-37(26)27)36-15-20(16-36)19-4-3-11-35(14-19)22-7-9-28(2,38)10-8-22/h5-6,12-13,17-20,22,33,38H,3-4,7-11,14-16H2,1-2H3/t18-,19+,22?,28?/m1/s1. The van der Waals surface area contributed by atoms with Crippen molar-refractivity contribution < 1.29 is 5.11 Å². The predicted molar refractivity (Wildman–Crippen MR) is 152 cm³/mol. The van der Waals surface area contributed by atoms with Crippen LogP contribution in [0.5, 0.6) is 0 Å². The maximum Gasteiger partial charge on any atom is 0.256 e. The summed E-state index contributed by atoms with van der Waals surface area (Å²) in [6.07, 6.45) is 8.21. The van der Waals surface area contributed by atoms with Crippen LogP contribution in [0.25, 0.3) is 5.78 Å². The lowest BCUT2D eigenvalue weighted by atomic mass is 9.78. The summed E-state index contributed by atoms with van der Waals surface area (Å²) in [5.74, 6) is 3.76. The molecule has 2 aromatic heterocycles. The van der Waals surface area contributed by atoms with Gasteiger partial charge in [-0.1, -0.05) is 29.3 Å². The van der Waals surface area contributed by atoms with Crippen molar-refractivity contribution in [2.45, 2.75) is 70.1 Å². The number of hydrogen-bond acceptors (Lipinski definition) is 7. The first kappa shape index (κ1) is 26.1. The van der Waals surface area contributed by atoms with Gasteiger partial charge in [0, 0.05) is 41.8 Å². The van der Waals surface area contributed by atoms with Crippen LogP contribution in [0.1, 0.15) is 64.0 Å². The van der Waals surface area contributed by atoms with E-state index < -0.39 is 5.60 Å². The number of hydrogen-bond donors (Lipinski definition) is 2. The molecule has 38 heavy (non-hydrogen) atoms. The normalized spacial score (nSPS) is 27.9. The Kier molecular flexibility index (Phi) is 7.18. The van der Waals surface area contributed by atoms with Gasteiger partial charge in [0.2, 0.25) is 0 Å². The highest BCUT2D eigenvalue weighted by Gasteiger charge is 2.39. The molecule has 3 aromatic rings. The maximum absolute atomic E-state index is 10.4. The number of nitrogens with zero attached hydrogens (tertiary/aromatic N) is 6. The third-order valence-electron chi connectivity index (χ3n) is 8.97. The molecule has 0 radical (unpaired) electrons. The van der Waals surface area contributed by atoms with Gasteiger partial charge in [0.05, 0.1) is 11.6 Å². The van der Waals surface area contributed by atoms with Crippen molar-refractivity contribution >= 4 is 40.6 Å². The second-order valence-corrected chi connectivity index (χ2v) is 12.6. The highest BCUT2D eigenvalue weighted by molar-refractivity contribution is 6.35. The zero-order valence-electron chi connectivity index (χ0n) is 22.2. The summed E-state index contributed by atoms with van der Waals surface area (Å²) < 4.78 is 1.74. The molecule has 3 fully saturated rings. The third-order valence-corrected chi connectivity index (χ3v) is 9.53. The molecule has 0 unspecified atom stereocenters. The number of aliphatic hydroxyl groups is 1. The van der Waals surface area contributed by atoms with Crippen molar-refractivity contribution in [2.75, 3.05) is 36.4 Å². The van der Waals surface area contributed by atoms with E-state index in [-0.39, 0.29) is 6.04 Å². The van der Waals surface area contributed by atoms with E-state index in [0.717, 1.165) is 61.9 Å². The second-order valence-electron chi connectivity index (χ2n) is 11.8. The molecule has 8 nitrogen and oxygen atoms in total. The van der Waals surface area contributed by atoms with Crippen LogP contribution in [0.15, 0.2) is 30.6 Å². The van der Waals surface area contributed by atoms with E-state index in [0.29, 0.717) is 27.8 Å². The first-order valence-corrected chi connectivity index (χ1v) is 14.6. The second kappa shape index (κ2) is 10.5. The highest BCUT2D eigenvalue weighted by atomic mass is 35.5. The number of piperidine rings is 1. The van der Waals surface area contributed by atoms with Gasteiger partial charge in [-0.15, -0.1) is 0 Å². The fraction of sp³-hybridized carbons (Fsp3) is 0.607. The lowest BCUT2D eigenvalue weighted by Gasteiger charge is -2.49. The summed E-state index contributed by atoms with van der Waals surface area (Å²) in [6.45, 7) is 8.49. The molecule has 2 saturated heterocycles. The quantitative estimate of drug-likeness (QED) is 0.417. The average Bonchev–Trinajstić information content (AvgIpc) is 3.32. The molecule has 10 heteroatoms. The summed E-state index contributed by atoms with van der Waals surface area (Å²) in [7, 11) is 0. The largest absolute Gasteiger partial charge is 0.390 e. The molecular formula is C28H37Cl2N7O. The number of nitrogens with one attached hydrogen (secondary N) is 1. The van der Waals surface area contributed by atoms with Crippen LogP contribution < -0.4 is 10.2 Å². The van der Waals surface area contributed by atoms with Crippen molar-refractivity contribution in [3.63, 3.8) is 0 Å². The Morgan fingerprint density at radius 1 is 1.08 bits per heavy atom. The Morgan fingerprint density at radius 3 is 2.63 bits per heavy atom. The van der Waals surface area contributed by atoms with Gasteiger partial charge in [0.25, 0.3) is 5.78 Å². The molecule has 2 N–H and O–H groups in total. The Bertz CT molecular complexity index is 1280. The molecule has 2 atom stereocenters. The predicted octanol–water partition coefficient (Wildman–Crippen LogP) is 5.45. The zero-order valence-corrected chi connectivity index (χ0v) is 23.7. The van der Waals surface area contributed by atoms with E-state index in [1.54, 1.807) is 10.6 Å². The van der Waals surface area contributed by atoms with Crippen LogP contribution >= 0.6 is 23.2 Å². The molecular weight excluding hydrogens is 521 g/mol. The number of likely N-dealkylation sites (tertiary alicyclic amines) is 1. The number of benzene rings is 1. The molecule has 0 bridgehead atoms. The van der Waals surface area contributed by atoms with E-state index in [1.807, 2.05) is 19.1 Å². The van der Waals surface area contributed by atoms with Crippen molar-refractivity contribution in [3.05, 3.63) is 46.2 Å². The molecule has 2 aliphatic heterocycles. The first-order chi connectivity index (χ1) is 18.3. The van der Waals surface area contributed by atoms with E-state index in [9.17, 15) is 5.11 Å². The average molecular weight is 559 g/mol. The van der Waals surface area contributed by atoms with Gasteiger partial charge >= 0.3 is 0 Å². The number of halogens is 2. The van der Waals surface area contributed by atoms with Crippen LogP contribution in [0, 0.1) is 11.8 Å². The van der Waals surface area contributed by atoms with E-state index in [4.69, 9.17) is 28.2 Å². The number of rotatable bonds is 6. The molecule has 1 saturated carbocycles. The van der Waals surface area contributed by atoms with Crippen LogP contribution in [-0.4, -0.2) is 67.4 Å². The fourth-order valence-electron chi connectivity index (χ4n) is 6.56. The minimum absolute atomic E-state index is 0.0525. The summed E-state index contributed by atoms with van der Waals surface area (Å²) in [6, 6.07) is 8.23. The molecule has 1 aliphatic carbocycles. The Hall–Kier alpha value is -2.13. The molecule has 0 amide bonds. The van der Waals surface area contributed by atoms with Crippen molar-refractivity contribution in [1.82, 2.24) is 24.5 Å². The molecule has 204 valence electrons. The van der Waals surface area contributed by atoms with E-state index in [1.165, 1.54) is 32.3 Å². The minimum Gasteiger partial charge on any atom is -0.390 e. The van der Waals surface area contributed by atoms with Crippen LogP contribution in [-0.2, 0) is 0 Å². The van der Waals surface area contributed by atoms with Crippen LogP contribution in [0.2, 0.25) is 10.0 Å². The molecule has 0 spiro atoms. The topological polar surface area (TPSA) is 81.8 Å². The third kappa shape index (κ3) is 5.33. The SMILES string of the molecule is C[C@@H](Nc1cc(N2CC([C@H]3CCCN(C4CCC(C)(O)CC4)C3)C2)nc2ncnn12)c1ccc(Cl)cc1Cl. The lowest BCUT2D eigenvalue weighted by Crippen LogP contribution is -2.55. The smallest absolute Gasteiger partial charge is 0.256 e. The molecule has 3 aliphatic rings. The Morgan fingerprint density at radius 2 is 1.87 bits per heavy atom. The summed E-state index contributed by atoms with van der Waals surface area (Å²) in [5.41, 5.74) is 0.501. The summed E-state index contributed by atoms with van der Waals surface area (Å²) in [4.78, 5) is 14.3. The molecule has 1 aromatic carbocycles. The summed E-state index contributed by atoms with van der Waals surface area (Å²) in [5, 5.41) is 19.6. The summed E-state index contributed by atoms with van der Waals surface area (Å²) >= 11 is 12.6. The van der Waals surface area contributed by atoms with Crippen LogP contribution in [0.3, 0.4) is 0 Å². The van der Waals surface area contributed by atoms with Gasteiger partial charge in [-0.3, -0.25) is 0 Å². The first-order valence-electron chi connectivity index (χ1n) is 13.9. The molecule has 6 rings (SSSR count). The highest BCUT2D eigenvalue weighted by Crippen LogP contribution is 2.38. The van der Waals surface area contributed by atoms with E-state index >= 15 is 0 Å². The Balaban J connectivity index is 1.12. The van der Waals surface area contributed by atoms with Crippen molar-refractivity contribution in [3.8, 4) is 0 Å². The van der Waals surface area contributed by atoms with Crippen molar-refractivity contribution in [2.24, 2.45) is 11.8 Å². The molecule has 4 heterocycles. The van der Waals surface area contributed by atoms with Crippen molar-refractivity contribution in [1.29, 1.82) is 0 Å². The number of anilines is 2. The van der Waals surface area contributed by atoms with Gasteiger partial charge in [0.1, 0.15) is 18.0 Å². The number of fused-ring (bicyclic) bond motifs is 1. The monoisotopic (exact) mass is 557 g/mol. The minimum atomic E-state index is -0.467. The van der Waals surface area contributed by atoms with Gasteiger partial charge in [0.15, 0.2) is 0 Å². The van der Waals surface area contributed by atoms with E-state index in [2.05, 4.69) is 38.2 Å². The van der Waals surface area contributed by atoms with Gasteiger partial charge in [-0.05, 0) is 88.4 Å². The van der Waals surface area contributed by atoms with Crippen LogP contribution in [0.4, 0.5) is 11.6 Å². The van der Waals surface area contributed by atoms with Gasteiger partial charge < -0.3 is 20.2 Å². The Labute approximate surface area is 234 Å². The lowest BCUT2D eigenvalue weighted by molar-refractivity contribution is -0.0166. The fourth-order valence-corrected chi connectivity index (χ4v) is 7.13. The number of aromatic nitrogens is 4. The van der Waals surface area contributed by atoms with Gasteiger partial charge in [-0.2, -0.15) is 19.6 Å². The maximum atomic E-state index is 10.4. The van der Waals surface area contributed by atoms with Gasteiger partial charge in [-0.25, -0.2) is 0 Å².